The molecular weight excluding hydrogens is 234 g/mol. The van der Waals surface area contributed by atoms with Gasteiger partial charge in [0.1, 0.15) is 0 Å². The number of nitrogens with one attached hydrogen (secondary N) is 1. The second kappa shape index (κ2) is 4.68. The Kier molecular flexibility index (Phi) is 3.23. The molecule has 0 saturated heterocycles. The first-order chi connectivity index (χ1) is 8.49. The average Bonchev–Trinajstić information content (AvgIpc) is 2.74. The number of amides is 1. The number of ether oxygens (including phenoxy) is 2. The molecule has 1 aromatic rings. The summed E-state index contributed by atoms with van der Waals surface area (Å²) in [6, 6.07) is 3.22. The van der Waals surface area contributed by atoms with Crippen LogP contribution in [-0.4, -0.2) is 18.5 Å². The van der Waals surface area contributed by atoms with Gasteiger partial charge in [-0.15, -0.1) is 0 Å². The summed E-state index contributed by atoms with van der Waals surface area (Å²) in [5.41, 5.74) is 0.888. The van der Waals surface area contributed by atoms with E-state index in [-0.39, 0.29) is 24.4 Å². The summed E-state index contributed by atoms with van der Waals surface area (Å²) in [4.78, 5) is 23.3. The van der Waals surface area contributed by atoms with Gasteiger partial charge >= 0.3 is 0 Å². The maximum absolute atomic E-state index is 11.7. The van der Waals surface area contributed by atoms with Gasteiger partial charge in [-0.3, -0.25) is 9.59 Å². The van der Waals surface area contributed by atoms with E-state index in [4.69, 9.17) is 9.47 Å². The smallest absolute Gasteiger partial charge is 0.231 e. The molecule has 5 heteroatoms. The van der Waals surface area contributed by atoms with E-state index in [1.54, 1.807) is 26.0 Å². The molecule has 0 radical (unpaired) electrons. The highest BCUT2D eigenvalue weighted by Crippen LogP contribution is 2.37. The molecule has 1 N–H and O–H groups in total. The molecular formula is C13H15NO4. The number of fused-ring (bicyclic) bond motifs is 1. The van der Waals surface area contributed by atoms with Crippen LogP contribution in [0.5, 0.6) is 11.5 Å². The first kappa shape index (κ1) is 12.4. The molecule has 1 heterocycles. The highest BCUT2D eigenvalue weighted by Gasteiger charge is 2.20. The number of Topliss-reactive ketones (excluding diaryl/α,β-unsaturated/α-hetero) is 1. The molecule has 0 aliphatic carbocycles. The minimum absolute atomic E-state index is 0.132. The van der Waals surface area contributed by atoms with Gasteiger partial charge in [-0.1, -0.05) is 13.8 Å². The summed E-state index contributed by atoms with van der Waals surface area (Å²) in [5.74, 6) is 0.640. The second-order valence-corrected chi connectivity index (χ2v) is 4.45. The zero-order valence-electron chi connectivity index (χ0n) is 10.6. The molecule has 0 unspecified atom stereocenters. The van der Waals surface area contributed by atoms with E-state index in [1.165, 1.54) is 6.92 Å². The van der Waals surface area contributed by atoms with Gasteiger partial charge in [0.05, 0.1) is 5.69 Å². The van der Waals surface area contributed by atoms with Gasteiger partial charge in [-0.05, 0) is 13.0 Å². The number of hydrogen-bond donors (Lipinski definition) is 1. The van der Waals surface area contributed by atoms with E-state index in [0.29, 0.717) is 22.7 Å². The average molecular weight is 249 g/mol. The number of benzene rings is 1. The molecule has 18 heavy (non-hydrogen) atoms. The summed E-state index contributed by atoms with van der Waals surface area (Å²) >= 11 is 0. The number of rotatable bonds is 3. The first-order valence-corrected chi connectivity index (χ1v) is 5.74. The van der Waals surface area contributed by atoms with E-state index in [2.05, 4.69) is 5.32 Å². The molecule has 2 rings (SSSR count). The first-order valence-electron chi connectivity index (χ1n) is 5.74. The number of carbonyl (C=O) groups is 2. The summed E-state index contributed by atoms with van der Waals surface area (Å²) in [6.07, 6.45) is 0. The number of hydrogen-bond acceptors (Lipinski definition) is 4. The Bertz CT molecular complexity index is 508. The van der Waals surface area contributed by atoms with Crippen molar-refractivity contribution in [2.45, 2.75) is 20.8 Å². The lowest BCUT2D eigenvalue weighted by Gasteiger charge is -2.12. The summed E-state index contributed by atoms with van der Waals surface area (Å²) in [5, 5.41) is 2.73. The van der Waals surface area contributed by atoms with Crippen molar-refractivity contribution in [3.8, 4) is 11.5 Å². The van der Waals surface area contributed by atoms with Crippen LogP contribution in [0.15, 0.2) is 12.1 Å². The van der Waals surface area contributed by atoms with Crippen molar-refractivity contribution in [2.75, 3.05) is 12.1 Å². The summed E-state index contributed by atoms with van der Waals surface area (Å²) < 4.78 is 10.4. The zero-order valence-corrected chi connectivity index (χ0v) is 10.6. The standard InChI is InChI=1S/C13H15NO4/c1-7(2)13(16)14-10-5-12-11(17-6-18-12)4-9(10)8(3)15/h4-5,7H,6H2,1-3H3,(H,14,16). The molecule has 1 amide bonds. The highest BCUT2D eigenvalue weighted by molar-refractivity contribution is 6.04. The lowest BCUT2D eigenvalue weighted by molar-refractivity contribution is -0.118. The predicted octanol–water partition coefficient (Wildman–Crippen LogP) is 2.21. The number of ketones is 1. The van der Waals surface area contributed by atoms with Gasteiger partial charge in [0.2, 0.25) is 12.7 Å². The third kappa shape index (κ3) is 2.30. The van der Waals surface area contributed by atoms with Crippen molar-refractivity contribution >= 4 is 17.4 Å². The Balaban J connectivity index is 2.38. The summed E-state index contributed by atoms with van der Waals surface area (Å²) in [6.45, 7) is 5.16. The molecule has 1 aliphatic rings. The van der Waals surface area contributed by atoms with Gasteiger partial charge in [0.15, 0.2) is 17.3 Å². The minimum Gasteiger partial charge on any atom is -0.454 e. The molecule has 1 aromatic carbocycles. The lowest BCUT2D eigenvalue weighted by Crippen LogP contribution is -2.19. The molecule has 0 fully saturated rings. The number of anilines is 1. The van der Waals surface area contributed by atoms with Gasteiger partial charge in [-0.25, -0.2) is 0 Å². The maximum Gasteiger partial charge on any atom is 0.231 e. The molecule has 0 spiro atoms. The fourth-order valence-corrected chi connectivity index (χ4v) is 1.61. The molecule has 5 nitrogen and oxygen atoms in total. The largest absolute Gasteiger partial charge is 0.454 e. The van der Waals surface area contributed by atoms with E-state index < -0.39 is 0 Å². The zero-order chi connectivity index (χ0) is 13.3. The van der Waals surface area contributed by atoms with Crippen molar-refractivity contribution in [1.29, 1.82) is 0 Å². The van der Waals surface area contributed by atoms with Crippen molar-refractivity contribution < 1.29 is 19.1 Å². The molecule has 1 aliphatic heterocycles. The normalized spacial score (nSPS) is 12.7. The van der Waals surface area contributed by atoms with Crippen LogP contribution in [-0.2, 0) is 4.79 Å². The predicted molar refractivity (Wildman–Crippen MR) is 66.0 cm³/mol. The van der Waals surface area contributed by atoms with E-state index in [9.17, 15) is 9.59 Å². The summed E-state index contributed by atoms with van der Waals surface area (Å²) in [7, 11) is 0. The maximum atomic E-state index is 11.7. The minimum atomic E-state index is -0.157. The van der Waals surface area contributed by atoms with Crippen molar-refractivity contribution in [3.63, 3.8) is 0 Å². The third-order valence-corrected chi connectivity index (χ3v) is 2.67. The monoisotopic (exact) mass is 249 g/mol. The van der Waals surface area contributed by atoms with Crippen LogP contribution in [0.2, 0.25) is 0 Å². The van der Waals surface area contributed by atoms with Gasteiger partial charge < -0.3 is 14.8 Å². The Morgan fingerprint density at radius 2 is 1.83 bits per heavy atom. The molecule has 0 atom stereocenters. The van der Waals surface area contributed by atoms with Gasteiger partial charge in [0, 0.05) is 17.5 Å². The molecule has 96 valence electrons. The van der Waals surface area contributed by atoms with Crippen LogP contribution in [0.3, 0.4) is 0 Å². The third-order valence-electron chi connectivity index (χ3n) is 2.67. The number of carbonyl (C=O) groups excluding carboxylic acids is 2. The van der Waals surface area contributed by atoms with Gasteiger partial charge in [0.25, 0.3) is 0 Å². The van der Waals surface area contributed by atoms with Crippen LogP contribution >= 0.6 is 0 Å². The van der Waals surface area contributed by atoms with Crippen molar-refractivity contribution in [3.05, 3.63) is 17.7 Å². The van der Waals surface area contributed by atoms with Crippen LogP contribution in [0.25, 0.3) is 0 Å². The Morgan fingerprint density at radius 3 is 2.39 bits per heavy atom. The Hall–Kier alpha value is -2.04. The fraction of sp³-hybridized carbons (Fsp3) is 0.385. The fourth-order valence-electron chi connectivity index (χ4n) is 1.61. The van der Waals surface area contributed by atoms with Crippen LogP contribution < -0.4 is 14.8 Å². The van der Waals surface area contributed by atoms with E-state index >= 15 is 0 Å². The molecule has 0 bridgehead atoms. The lowest BCUT2D eigenvalue weighted by atomic mass is 10.1. The van der Waals surface area contributed by atoms with Crippen LogP contribution in [0, 0.1) is 5.92 Å². The van der Waals surface area contributed by atoms with Crippen LogP contribution in [0.4, 0.5) is 5.69 Å². The van der Waals surface area contributed by atoms with Gasteiger partial charge in [-0.2, -0.15) is 0 Å². The SMILES string of the molecule is CC(=O)c1cc2c(cc1NC(=O)C(C)C)OCO2. The van der Waals surface area contributed by atoms with Crippen molar-refractivity contribution in [1.82, 2.24) is 0 Å². The Labute approximate surface area is 105 Å². The Morgan fingerprint density at radius 1 is 1.22 bits per heavy atom. The molecule has 0 aromatic heterocycles. The van der Waals surface area contributed by atoms with Crippen LogP contribution in [0.1, 0.15) is 31.1 Å². The van der Waals surface area contributed by atoms with Crippen molar-refractivity contribution in [2.24, 2.45) is 5.92 Å². The van der Waals surface area contributed by atoms with E-state index in [0.717, 1.165) is 0 Å². The highest BCUT2D eigenvalue weighted by atomic mass is 16.7. The molecule has 0 saturated carbocycles. The van der Waals surface area contributed by atoms with E-state index in [1.807, 2.05) is 0 Å². The topological polar surface area (TPSA) is 64.6 Å². The quantitative estimate of drug-likeness (QED) is 0.834. The second-order valence-electron chi connectivity index (χ2n) is 4.45.